The molecule has 364 valence electrons. The number of carbonyl (C=O) groups excluding carboxylic acids is 7. The minimum Gasteiger partial charge on any atom is -0.370 e. The van der Waals surface area contributed by atoms with Crippen LogP contribution in [0.3, 0.4) is 0 Å². The number of aliphatic imine (C=N–C) groups is 2. The molecule has 1 fully saturated rings. The molecular weight excluding hydrogens is 873 g/mol. The van der Waals surface area contributed by atoms with Crippen LogP contribution in [0, 0.1) is 0 Å². The summed E-state index contributed by atoms with van der Waals surface area (Å²) in [6.45, 7) is 2.12. The third kappa shape index (κ3) is 15.4. The molecule has 2 heterocycles. The van der Waals surface area contributed by atoms with Crippen molar-refractivity contribution in [3.8, 4) is 0 Å². The topological polar surface area (TPSA) is 362 Å². The number of fused-ring (bicyclic) bond motifs is 2. The molecule has 21 heteroatoms. The highest BCUT2D eigenvalue weighted by Crippen LogP contribution is 2.21. The summed E-state index contributed by atoms with van der Waals surface area (Å²) in [6.07, 6.45) is 2.87. The minimum atomic E-state index is -1.37. The molecule has 4 aromatic rings. The van der Waals surface area contributed by atoms with Crippen LogP contribution in [0.5, 0.6) is 0 Å². The fraction of sp³-hybridized carbons (Fsp3) is 0.426. The summed E-state index contributed by atoms with van der Waals surface area (Å²) in [5, 5.41) is 19.1. The normalized spacial score (nSPS) is 21.3. The predicted molar refractivity (Wildman–Crippen MR) is 259 cm³/mol. The Hall–Kier alpha value is -7.71. The molecule has 0 saturated carbocycles. The van der Waals surface area contributed by atoms with E-state index < -0.39 is 77.6 Å². The smallest absolute Gasteiger partial charge is 0.243 e. The number of carbonyl (C=O) groups is 7. The van der Waals surface area contributed by atoms with E-state index >= 15 is 0 Å². The number of H-pyrrole nitrogens is 1. The second-order valence-electron chi connectivity index (χ2n) is 16.9. The maximum atomic E-state index is 14.7. The number of nitrogens with one attached hydrogen (secondary N) is 7. The molecule has 3 aromatic carbocycles. The van der Waals surface area contributed by atoms with Crippen molar-refractivity contribution in [2.75, 3.05) is 13.1 Å². The van der Waals surface area contributed by atoms with Crippen LogP contribution in [-0.2, 0) is 46.4 Å². The van der Waals surface area contributed by atoms with Crippen LogP contribution in [0.4, 0.5) is 0 Å². The minimum absolute atomic E-state index is 0.0198. The Balaban J connectivity index is 1.58. The van der Waals surface area contributed by atoms with Gasteiger partial charge in [-0.2, -0.15) is 0 Å². The molecule has 17 N–H and O–H groups in total. The first kappa shape index (κ1) is 51.3. The molecule has 0 spiro atoms. The van der Waals surface area contributed by atoms with E-state index in [9.17, 15) is 33.6 Å². The summed E-state index contributed by atoms with van der Waals surface area (Å²) < 4.78 is 0. The van der Waals surface area contributed by atoms with E-state index in [0.717, 1.165) is 21.7 Å². The van der Waals surface area contributed by atoms with Crippen molar-refractivity contribution in [2.24, 2.45) is 38.7 Å². The molecule has 1 saturated heterocycles. The third-order valence-corrected chi connectivity index (χ3v) is 11.6. The zero-order valence-electron chi connectivity index (χ0n) is 38.2. The van der Waals surface area contributed by atoms with Crippen molar-refractivity contribution < 1.29 is 33.6 Å². The first-order valence-corrected chi connectivity index (χ1v) is 22.9. The maximum absolute atomic E-state index is 14.7. The van der Waals surface area contributed by atoms with Crippen LogP contribution < -0.4 is 60.6 Å². The molecule has 1 aliphatic rings. The predicted octanol–water partition coefficient (Wildman–Crippen LogP) is -0.408. The number of nitrogens with two attached hydrogens (primary N) is 5. The summed E-state index contributed by atoms with van der Waals surface area (Å²) in [7, 11) is 0. The monoisotopic (exact) mass is 937 g/mol. The quantitative estimate of drug-likeness (QED) is 0.0389. The van der Waals surface area contributed by atoms with Gasteiger partial charge in [-0.3, -0.25) is 43.5 Å². The molecule has 0 aliphatic carbocycles. The van der Waals surface area contributed by atoms with Crippen LogP contribution in [0.25, 0.3) is 21.7 Å². The summed E-state index contributed by atoms with van der Waals surface area (Å²) in [6, 6.07) is 12.9. The first-order valence-electron chi connectivity index (χ1n) is 22.9. The maximum Gasteiger partial charge on any atom is 0.243 e. The van der Waals surface area contributed by atoms with Gasteiger partial charge in [0.1, 0.15) is 36.3 Å². The highest BCUT2D eigenvalue weighted by Gasteiger charge is 2.34. The van der Waals surface area contributed by atoms with E-state index in [4.69, 9.17) is 28.7 Å². The fourth-order valence-electron chi connectivity index (χ4n) is 7.95. The van der Waals surface area contributed by atoms with Gasteiger partial charge in [0.15, 0.2) is 11.9 Å². The van der Waals surface area contributed by atoms with E-state index in [0.29, 0.717) is 24.0 Å². The average Bonchev–Trinajstić information content (AvgIpc) is 3.72. The molecule has 1 aliphatic heterocycles. The zero-order chi connectivity index (χ0) is 49.2. The second kappa shape index (κ2) is 25.3. The highest BCUT2D eigenvalue weighted by atomic mass is 16.2. The Bertz CT molecular complexity index is 2480. The molecule has 1 aromatic heterocycles. The summed E-state index contributed by atoms with van der Waals surface area (Å²) >= 11 is 0. The number of guanidine groups is 2. The van der Waals surface area contributed by atoms with Crippen LogP contribution in [0.15, 0.2) is 82.9 Å². The van der Waals surface area contributed by atoms with Crippen molar-refractivity contribution in [1.82, 2.24) is 36.9 Å². The molecule has 6 atom stereocenters. The van der Waals surface area contributed by atoms with Crippen LogP contribution in [-0.4, -0.2) is 108 Å². The van der Waals surface area contributed by atoms with E-state index in [2.05, 4.69) is 46.9 Å². The van der Waals surface area contributed by atoms with Gasteiger partial charge in [0.25, 0.3) is 0 Å². The van der Waals surface area contributed by atoms with Gasteiger partial charge < -0.3 is 65.6 Å². The standard InChI is InChI=1S/C47H64N14O7/c1-2-3-13-34-41(64)58-35(15-8-21-53-46(49)50)42(65)60-37(24-27-17-18-28-10-4-5-11-29(28)23-27)44(67)59-36(16-9-22-54-47(51)52)43(66)61-38(25-30-26-55-32-14-7-6-12-31(30)32)45(68)57-33(40(48)63)19-20-39(62)56-34/h4-7,10-12,14,17-18,23,26,33-38,55H,2-3,8-9,13,15-16,19-22,24-25H2,1H3,(H2,48,63)(H,56,62)(H,57,68)(H,58,64)(H,59,67)(H,60,65)(H,61,66)(H4,49,50,53)(H4,51,52,54)/t33-,34-,35-,36-,37+,38-/m0/s1. The number of nitrogens with zero attached hydrogens (tertiary/aromatic N) is 2. The Morgan fingerprint density at radius 2 is 1.10 bits per heavy atom. The molecule has 0 unspecified atom stereocenters. The number of hydrogen-bond acceptors (Lipinski definition) is 9. The number of benzene rings is 3. The summed E-state index contributed by atoms with van der Waals surface area (Å²) in [4.78, 5) is 110. The van der Waals surface area contributed by atoms with E-state index in [1.54, 1.807) is 6.20 Å². The lowest BCUT2D eigenvalue weighted by Gasteiger charge is -2.28. The van der Waals surface area contributed by atoms with Gasteiger partial charge in [0, 0.05) is 49.5 Å². The van der Waals surface area contributed by atoms with E-state index in [1.165, 1.54) is 0 Å². The van der Waals surface area contributed by atoms with Crippen LogP contribution in [0.1, 0.15) is 75.8 Å². The lowest BCUT2D eigenvalue weighted by molar-refractivity contribution is -0.136. The van der Waals surface area contributed by atoms with Gasteiger partial charge in [0.05, 0.1) is 0 Å². The van der Waals surface area contributed by atoms with E-state index in [-0.39, 0.29) is 82.8 Å². The van der Waals surface area contributed by atoms with Crippen LogP contribution >= 0.6 is 0 Å². The SMILES string of the molecule is CCCC[C@@H]1NC(=O)CC[C@@H](C(N)=O)NC(=O)[C@H](Cc2c[nH]c3ccccc23)NC(=O)[C@H](CCCN=C(N)N)NC(=O)[C@@H](Cc2ccc3ccccc3c2)NC(=O)[C@H](CCCN=C(N)N)NC1=O. The number of amides is 7. The first-order chi connectivity index (χ1) is 32.6. The highest BCUT2D eigenvalue weighted by molar-refractivity contribution is 5.98. The largest absolute Gasteiger partial charge is 0.370 e. The average molecular weight is 937 g/mol. The molecular formula is C47H64N14O7. The third-order valence-electron chi connectivity index (χ3n) is 11.6. The number of primary amides is 1. The van der Waals surface area contributed by atoms with Gasteiger partial charge in [-0.25, -0.2) is 0 Å². The number of aromatic nitrogens is 1. The van der Waals surface area contributed by atoms with Crippen LogP contribution in [0.2, 0.25) is 0 Å². The van der Waals surface area contributed by atoms with Crippen molar-refractivity contribution in [1.29, 1.82) is 0 Å². The van der Waals surface area contributed by atoms with Crippen molar-refractivity contribution >= 4 is 74.9 Å². The molecule has 0 radical (unpaired) electrons. The fourth-order valence-corrected chi connectivity index (χ4v) is 7.95. The van der Waals surface area contributed by atoms with Crippen molar-refractivity contribution in [3.05, 3.63) is 84.1 Å². The Morgan fingerprint density at radius 3 is 1.71 bits per heavy atom. The number of aromatic amines is 1. The van der Waals surface area contributed by atoms with E-state index in [1.807, 2.05) is 73.7 Å². The van der Waals surface area contributed by atoms with Crippen molar-refractivity contribution in [3.63, 3.8) is 0 Å². The molecule has 5 rings (SSSR count). The number of unbranched alkanes of at least 4 members (excludes halogenated alkanes) is 1. The summed E-state index contributed by atoms with van der Waals surface area (Å²) in [5.74, 6) is -5.63. The Labute approximate surface area is 394 Å². The van der Waals surface area contributed by atoms with Crippen molar-refractivity contribution in [2.45, 2.75) is 114 Å². The van der Waals surface area contributed by atoms with Gasteiger partial charge in [-0.1, -0.05) is 80.4 Å². The second-order valence-corrected chi connectivity index (χ2v) is 16.9. The molecule has 7 amide bonds. The Morgan fingerprint density at radius 1 is 0.588 bits per heavy atom. The number of hydrogen-bond donors (Lipinski definition) is 12. The molecule has 21 nitrogen and oxygen atoms in total. The van der Waals surface area contributed by atoms with Gasteiger partial charge >= 0.3 is 0 Å². The van der Waals surface area contributed by atoms with Gasteiger partial charge in [0.2, 0.25) is 41.4 Å². The number of para-hydroxylation sites is 1. The molecule has 0 bridgehead atoms. The zero-order valence-corrected chi connectivity index (χ0v) is 38.2. The van der Waals surface area contributed by atoms with Gasteiger partial charge in [-0.05, 0) is 66.5 Å². The van der Waals surface area contributed by atoms with Gasteiger partial charge in [-0.15, -0.1) is 0 Å². The Kier molecular flexibility index (Phi) is 19.1. The lowest BCUT2D eigenvalue weighted by atomic mass is 9.99. The lowest BCUT2D eigenvalue weighted by Crippen LogP contribution is -2.60. The number of rotatable bonds is 16. The summed E-state index contributed by atoms with van der Waals surface area (Å²) in [5.41, 5.74) is 30.1. The molecule has 68 heavy (non-hydrogen) atoms.